The molecule has 5 nitrogen and oxygen atoms in total. The maximum Gasteiger partial charge on any atom is 0.260 e. The summed E-state index contributed by atoms with van der Waals surface area (Å²) in [4.78, 5) is 35.7. The Hall–Kier alpha value is -2.90. The number of rotatable bonds is 5. The van der Waals surface area contributed by atoms with Crippen LogP contribution in [0.15, 0.2) is 64.8 Å². The second kappa shape index (κ2) is 8.69. The van der Waals surface area contributed by atoms with E-state index in [1.54, 1.807) is 0 Å². The highest BCUT2D eigenvalue weighted by Crippen LogP contribution is 2.31. The van der Waals surface area contributed by atoms with Gasteiger partial charge in [0.15, 0.2) is 0 Å². The van der Waals surface area contributed by atoms with Gasteiger partial charge in [-0.2, -0.15) is 0 Å². The fourth-order valence-corrected chi connectivity index (χ4v) is 5.73. The second-order valence-electron chi connectivity index (χ2n) is 7.48. The molecule has 1 amide bonds. The van der Waals surface area contributed by atoms with E-state index in [2.05, 4.69) is 16.0 Å². The minimum absolute atomic E-state index is 0.100. The summed E-state index contributed by atoms with van der Waals surface area (Å²) >= 11 is 2.96. The fraction of sp³-hybridized carbons (Fsp3) is 0.208. The molecule has 0 radical (unpaired) electrons. The van der Waals surface area contributed by atoms with Gasteiger partial charge >= 0.3 is 0 Å². The molecule has 1 N–H and O–H groups in total. The number of thioether (sulfide) groups is 1. The first-order valence-corrected chi connectivity index (χ1v) is 12.3. The summed E-state index contributed by atoms with van der Waals surface area (Å²) in [5.74, 6) is 1.56. The Morgan fingerprint density at radius 1 is 1.13 bits per heavy atom. The van der Waals surface area contributed by atoms with Crippen LogP contribution in [0.2, 0.25) is 0 Å². The molecular formula is C24H21N3O2S2. The normalized spacial score (nSPS) is 13.4. The van der Waals surface area contributed by atoms with Crippen molar-refractivity contribution < 1.29 is 4.79 Å². The van der Waals surface area contributed by atoms with Gasteiger partial charge in [0, 0.05) is 23.2 Å². The van der Waals surface area contributed by atoms with Crippen molar-refractivity contribution in [1.82, 2.24) is 9.97 Å². The molecule has 4 aromatic rings. The van der Waals surface area contributed by atoms with Crippen molar-refractivity contribution in [3.63, 3.8) is 0 Å². The smallest absolute Gasteiger partial charge is 0.260 e. The van der Waals surface area contributed by atoms with Gasteiger partial charge in [-0.05, 0) is 30.0 Å². The number of thiophene rings is 1. The Morgan fingerprint density at radius 2 is 1.94 bits per heavy atom. The third-order valence-electron chi connectivity index (χ3n) is 5.45. The quantitative estimate of drug-likeness (QED) is 0.474. The van der Waals surface area contributed by atoms with Crippen LogP contribution in [0.1, 0.15) is 17.8 Å². The Kier molecular flexibility index (Phi) is 5.61. The summed E-state index contributed by atoms with van der Waals surface area (Å²) in [5.41, 5.74) is 4.05. The standard InChI is InChI=1S/C24H21N3O2S2/c28-21(27-12-6-10-17-9-4-5-11-19(17)27)15-30-14-20-25-23(29)22-18(13-31-24(22)26-20)16-7-2-1-3-8-16/h1-5,7-9,11,13H,6,10,12,14-15H2,(H,25,26,29). The average Bonchev–Trinajstić information content (AvgIpc) is 3.24. The van der Waals surface area contributed by atoms with Gasteiger partial charge in [0.1, 0.15) is 10.7 Å². The van der Waals surface area contributed by atoms with E-state index in [1.165, 1.54) is 28.7 Å². The lowest BCUT2D eigenvalue weighted by atomic mass is 10.0. The Morgan fingerprint density at radius 3 is 2.81 bits per heavy atom. The van der Waals surface area contributed by atoms with Crippen LogP contribution < -0.4 is 10.5 Å². The predicted molar refractivity (Wildman–Crippen MR) is 129 cm³/mol. The lowest BCUT2D eigenvalue weighted by Crippen LogP contribution is -2.36. The fourth-order valence-electron chi connectivity index (χ4n) is 4.00. The number of aromatic amines is 1. The van der Waals surface area contributed by atoms with Crippen LogP contribution in [0, 0.1) is 0 Å². The summed E-state index contributed by atoms with van der Waals surface area (Å²) in [6, 6.07) is 18.0. The molecule has 0 atom stereocenters. The monoisotopic (exact) mass is 447 g/mol. The van der Waals surface area contributed by atoms with Gasteiger partial charge < -0.3 is 9.88 Å². The van der Waals surface area contributed by atoms with Crippen LogP contribution >= 0.6 is 23.1 Å². The topological polar surface area (TPSA) is 66.1 Å². The zero-order valence-corrected chi connectivity index (χ0v) is 18.5. The maximum atomic E-state index is 12.8. The van der Waals surface area contributed by atoms with Gasteiger partial charge in [0.25, 0.3) is 5.56 Å². The number of anilines is 1. The minimum atomic E-state index is -0.128. The van der Waals surface area contributed by atoms with Crippen molar-refractivity contribution in [2.45, 2.75) is 18.6 Å². The molecular weight excluding hydrogens is 426 g/mol. The van der Waals surface area contributed by atoms with E-state index < -0.39 is 0 Å². The van der Waals surface area contributed by atoms with Crippen LogP contribution in [0.3, 0.4) is 0 Å². The molecule has 1 aliphatic rings. The summed E-state index contributed by atoms with van der Waals surface area (Å²) in [6.45, 7) is 0.759. The number of aryl methyl sites for hydroxylation is 1. The number of hydrogen-bond donors (Lipinski definition) is 1. The summed E-state index contributed by atoms with van der Waals surface area (Å²) in [5, 5.41) is 2.61. The SMILES string of the molecule is O=C(CSCc1nc2scc(-c3ccccc3)c2c(=O)[nH]1)N1CCCc2ccccc21. The maximum absolute atomic E-state index is 12.8. The van der Waals surface area contributed by atoms with E-state index in [-0.39, 0.29) is 11.5 Å². The summed E-state index contributed by atoms with van der Waals surface area (Å²) < 4.78 is 0. The Labute approximate surface area is 188 Å². The molecule has 0 bridgehead atoms. The molecule has 0 spiro atoms. The molecule has 156 valence electrons. The van der Waals surface area contributed by atoms with Crippen LogP contribution in [0.25, 0.3) is 21.3 Å². The largest absolute Gasteiger partial charge is 0.311 e. The molecule has 2 aromatic heterocycles. The van der Waals surface area contributed by atoms with Crippen molar-refractivity contribution in [1.29, 1.82) is 0 Å². The van der Waals surface area contributed by atoms with E-state index in [0.717, 1.165) is 41.0 Å². The van der Waals surface area contributed by atoms with Crippen molar-refractivity contribution in [3.05, 3.63) is 81.7 Å². The number of benzene rings is 2. The number of carbonyl (C=O) groups excluding carboxylic acids is 1. The molecule has 0 fully saturated rings. The second-order valence-corrected chi connectivity index (χ2v) is 9.32. The van der Waals surface area contributed by atoms with Crippen molar-refractivity contribution in [2.75, 3.05) is 17.2 Å². The van der Waals surface area contributed by atoms with E-state index in [9.17, 15) is 9.59 Å². The van der Waals surface area contributed by atoms with Gasteiger partial charge in [-0.15, -0.1) is 23.1 Å². The Balaban J connectivity index is 1.29. The van der Waals surface area contributed by atoms with Crippen LogP contribution in [-0.2, 0) is 17.0 Å². The molecule has 1 aliphatic heterocycles. The van der Waals surface area contributed by atoms with Crippen molar-refractivity contribution in [2.24, 2.45) is 0 Å². The first kappa shape index (κ1) is 20.0. The van der Waals surface area contributed by atoms with Crippen LogP contribution in [-0.4, -0.2) is 28.2 Å². The zero-order chi connectivity index (χ0) is 21.2. The molecule has 5 rings (SSSR count). The molecule has 0 saturated heterocycles. The molecule has 7 heteroatoms. The Bertz CT molecular complexity index is 1300. The predicted octanol–water partition coefficient (Wildman–Crippen LogP) is 4.86. The summed E-state index contributed by atoms with van der Waals surface area (Å²) in [6.07, 6.45) is 2.01. The molecule has 3 heterocycles. The highest BCUT2D eigenvalue weighted by Gasteiger charge is 2.22. The number of nitrogens with one attached hydrogen (secondary N) is 1. The first-order valence-electron chi connectivity index (χ1n) is 10.2. The molecule has 0 aliphatic carbocycles. The van der Waals surface area contributed by atoms with Crippen molar-refractivity contribution in [3.8, 4) is 11.1 Å². The van der Waals surface area contributed by atoms with Crippen molar-refractivity contribution >= 4 is 44.9 Å². The number of fused-ring (bicyclic) bond motifs is 2. The van der Waals surface area contributed by atoms with E-state index in [0.29, 0.717) is 22.7 Å². The number of para-hydroxylation sites is 1. The average molecular weight is 448 g/mol. The molecule has 2 aromatic carbocycles. The zero-order valence-electron chi connectivity index (χ0n) is 16.8. The van der Waals surface area contributed by atoms with Gasteiger partial charge in [-0.25, -0.2) is 4.98 Å². The van der Waals surface area contributed by atoms with E-state index in [4.69, 9.17) is 0 Å². The molecule has 31 heavy (non-hydrogen) atoms. The number of aromatic nitrogens is 2. The minimum Gasteiger partial charge on any atom is -0.311 e. The molecule has 0 unspecified atom stereocenters. The highest BCUT2D eigenvalue weighted by atomic mass is 32.2. The number of carbonyl (C=O) groups is 1. The number of H-pyrrole nitrogens is 1. The number of nitrogens with zero attached hydrogens (tertiary/aromatic N) is 2. The molecule has 0 saturated carbocycles. The number of hydrogen-bond acceptors (Lipinski definition) is 5. The third-order valence-corrected chi connectivity index (χ3v) is 7.25. The summed E-state index contributed by atoms with van der Waals surface area (Å²) in [7, 11) is 0. The third kappa shape index (κ3) is 4.03. The van der Waals surface area contributed by atoms with Crippen LogP contribution in [0.4, 0.5) is 5.69 Å². The van der Waals surface area contributed by atoms with Gasteiger partial charge in [0.05, 0.1) is 16.9 Å². The van der Waals surface area contributed by atoms with Gasteiger partial charge in [-0.3, -0.25) is 9.59 Å². The lowest BCUT2D eigenvalue weighted by Gasteiger charge is -2.29. The first-order chi connectivity index (χ1) is 15.2. The highest BCUT2D eigenvalue weighted by molar-refractivity contribution is 7.99. The lowest BCUT2D eigenvalue weighted by molar-refractivity contribution is -0.116. The van der Waals surface area contributed by atoms with E-state index in [1.807, 2.05) is 58.8 Å². The number of amides is 1. The van der Waals surface area contributed by atoms with Crippen LogP contribution in [0.5, 0.6) is 0 Å². The van der Waals surface area contributed by atoms with E-state index >= 15 is 0 Å². The van der Waals surface area contributed by atoms with Gasteiger partial charge in [-0.1, -0.05) is 48.5 Å². The van der Waals surface area contributed by atoms with Gasteiger partial charge in [0.2, 0.25) is 5.91 Å².